The number of carbonyl (C=O) groups is 1. The van der Waals surface area contributed by atoms with E-state index >= 15 is 0 Å². The van der Waals surface area contributed by atoms with Crippen LogP contribution in [0.1, 0.15) is 13.3 Å². The van der Waals surface area contributed by atoms with Crippen molar-refractivity contribution in [3.8, 4) is 5.75 Å². The van der Waals surface area contributed by atoms with Crippen molar-refractivity contribution >= 4 is 11.6 Å². The molecule has 1 aromatic carbocycles. The minimum Gasteiger partial charge on any atom is -0.497 e. The average Bonchev–Trinajstić information content (AvgIpc) is 2.55. The number of amides is 1. The Morgan fingerprint density at radius 1 is 1.29 bits per heavy atom. The number of nitrogens with zero attached hydrogens (tertiary/aromatic N) is 2. The summed E-state index contributed by atoms with van der Waals surface area (Å²) in [5.74, 6) is 1.12. The lowest BCUT2D eigenvalue weighted by molar-refractivity contribution is -0.131. The van der Waals surface area contributed by atoms with Crippen molar-refractivity contribution in [2.45, 2.75) is 13.3 Å². The van der Waals surface area contributed by atoms with Gasteiger partial charge in [-0.05, 0) is 18.7 Å². The molecule has 2 rings (SSSR count). The largest absolute Gasteiger partial charge is 0.497 e. The van der Waals surface area contributed by atoms with Crippen LogP contribution in [0.25, 0.3) is 0 Å². The summed E-state index contributed by atoms with van der Waals surface area (Å²) in [7, 11) is 1.68. The molecule has 0 atom stereocenters. The van der Waals surface area contributed by atoms with Crippen LogP contribution in [0.2, 0.25) is 0 Å². The number of nitrogens with one attached hydrogen (secondary N) is 1. The third kappa shape index (κ3) is 4.36. The molecule has 1 fully saturated rings. The van der Waals surface area contributed by atoms with Crippen molar-refractivity contribution in [1.82, 2.24) is 10.2 Å². The van der Waals surface area contributed by atoms with Gasteiger partial charge in [0.05, 0.1) is 7.11 Å². The van der Waals surface area contributed by atoms with Crippen LogP contribution in [0.4, 0.5) is 5.69 Å². The first-order chi connectivity index (χ1) is 10.2. The standard InChI is InChI=1S/C16H25N3O2/c1-3-17-8-7-16(20)19-11-9-18(10-12-19)14-5-4-6-15(13-14)21-2/h4-6,13,17H,3,7-12H2,1-2H3. The maximum atomic E-state index is 12.1. The van der Waals surface area contributed by atoms with Gasteiger partial charge in [0.25, 0.3) is 0 Å². The first kappa shape index (κ1) is 15.6. The lowest BCUT2D eigenvalue weighted by Crippen LogP contribution is -2.49. The maximum absolute atomic E-state index is 12.1. The summed E-state index contributed by atoms with van der Waals surface area (Å²) in [6.07, 6.45) is 0.590. The molecule has 1 aromatic rings. The Labute approximate surface area is 126 Å². The molecule has 21 heavy (non-hydrogen) atoms. The molecule has 0 bridgehead atoms. The second kappa shape index (κ2) is 7.88. The van der Waals surface area contributed by atoms with Gasteiger partial charge in [0.2, 0.25) is 5.91 Å². The molecular formula is C16H25N3O2. The molecule has 1 aliphatic rings. The Morgan fingerprint density at radius 2 is 2.05 bits per heavy atom. The highest BCUT2D eigenvalue weighted by molar-refractivity contribution is 5.76. The molecule has 0 saturated carbocycles. The van der Waals surface area contributed by atoms with Crippen molar-refractivity contribution in [3.63, 3.8) is 0 Å². The van der Waals surface area contributed by atoms with E-state index in [0.29, 0.717) is 6.42 Å². The van der Waals surface area contributed by atoms with Crippen LogP contribution >= 0.6 is 0 Å². The van der Waals surface area contributed by atoms with Crippen molar-refractivity contribution in [2.75, 3.05) is 51.3 Å². The summed E-state index contributed by atoms with van der Waals surface area (Å²) >= 11 is 0. The van der Waals surface area contributed by atoms with Gasteiger partial charge in [0.15, 0.2) is 0 Å². The smallest absolute Gasteiger partial charge is 0.223 e. The summed E-state index contributed by atoms with van der Waals surface area (Å²) in [4.78, 5) is 16.3. The van der Waals surface area contributed by atoms with Crippen LogP contribution in [0.3, 0.4) is 0 Å². The van der Waals surface area contributed by atoms with E-state index in [1.165, 1.54) is 0 Å². The molecule has 1 heterocycles. The van der Waals surface area contributed by atoms with Gasteiger partial charge in [-0.3, -0.25) is 4.79 Å². The molecule has 0 spiro atoms. The van der Waals surface area contributed by atoms with E-state index in [0.717, 1.165) is 50.7 Å². The number of hydrogen-bond donors (Lipinski definition) is 1. The van der Waals surface area contributed by atoms with E-state index in [-0.39, 0.29) is 5.91 Å². The predicted octanol–water partition coefficient (Wildman–Crippen LogP) is 1.34. The van der Waals surface area contributed by atoms with Crippen molar-refractivity contribution in [3.05, 3.63) is 24.3 Å². The highest BCUT2D eigenvalue weighted by Crippen LogP contribution is 2.22. The fourth-order valence-corrected chi connectivity index (χ4v) is 2.55. The third-order valence-electron chi connectivity index (χ3n) is 3.82. The van der Waals surface area contributed by atoms with Crippen LogP contribution in [-0.2, 0) is 4.79 Å². The van der Waals surface area contributed by atoms with Gasteiger partial charge in [-0.1, -0.05) is 13.0 Å². The topological polar surface area (TPSA) is 44.8 Å². The molecule has 0 radical (unpaired) electrons. The molecule has 0 unspecified atom stereocenters. The first-order valence-electron chi connectivity index (χ1n) is 7.62. The maximum Gasteiger partial charge on any atom is 0.223 e. The van der Waals surface area contributed by atoms with Gasteiger partial charge in [0, 0.05) is 50.9 Å². The summed E-state index contributed by atoms with van der Waals surface area (Å²) in [5.41, 5.74) is 1.16. The number of benzene rings is 1. The van der Waals surface area contributed by atoms with Crippen molar-refractivity contribution < 1.29 is 9.53 Å². The molecule has 1 N–H and O–H groups in total. The van der Waals surface area contributed by atoms with Gasteiger partial charge in [-0.25, -0.2) is 0 Å². The fraction of sp³-hybridized carbons (Fsp3) is 0.562. The number of piperazine rings is 1. The quantitative estimate of drug-likeness (QED) is 0.804. The van der Waals surface area contributed by atoms with Gasteiger partial charge >= 0.3 is 0 Å². The molecule has 5 nitrogen and oxygen atoms in total. The molecule has 5 heteroatoms. The zero-order valence-corrected chi connectivity index (χ0v) is 13.0. The van der Waals surface area contributed by atoms with Gasteiger partial charge in [0.1, 0.15) is 5.75 Å². The van der Waals surface area contributed by atoms with Crippen LogP contribution in [0, 0.1) is 0 Å². The van der Waals surface area contributed by atoms with E-state index in [9.17, 15) is 4.79 Å². The van der Waals surface area contributed by atoms with Crippen molar-refractivity contribution in [1.29, 1.82) is 0 Å². The van der Waals surface area contributed by atoms with E-state index in [2.05, 4.69) is 23.2 Å². The fourth-order valence-electron chi connectivity index (χ4n) is 2.55. The van der Waals surface area contributed by atoms with Crippen molar-refractivity contribution in [2.24, 2.45) is 0 Å². The summed E-state index contributed by atoms with van der Waals surface area (Å²) in [6.45, 7) is 7.07. The van der Waals surface area contributed by atoms with Gasteiger partial charge < -0.3 is 19.9 Å². The second-order valence-corrected chi connectivity index (χ2v) is 5.17. The predicted molar refractivity (Wildman–Crippen MR) is 84.9 cm³/mol. The molecule has 0 aromatic heterocycles. The van der Waals surface area contributed by atoms with Crippen LogP contribution < -0.4 is 15.0 Å². The van der Waals surface area contributed by atoms with E-state index in [1.54, 1.807) is 7.11 Å². The lowest BCUT2D eigenvalue weighted by atomic mass is 10.2. The SMILES string of the molecule is CCNCCC(=O)N1CCN(c2cccc(OC)c2)CC1. The van der Waals surface area contributed by atoms with Gasteiger partial charge in [-0.2, -0.15) is 0 Å². The Morgan fingerprint density at radius 3 is 2.71 bits per heavy atom. The van der Waals surface area contributed by atoms with Crippen LogP contribution in [0.5, 0.6) is 5.75 Å². The first-order valence-corrected chi connectivity index (χ1v) is 7.62. The Hall–Kier alpha value is -1.75. The number of carbonyl (C=O) groups excluding carboxylic acids is 1. The Kier molecular flexibility index (Phi) is 5.87. The Bertz CT molecular complexity index is 457. The normalized spacial score (nSPS) is 15.1. The molecule has 116 valence electrons. The number of hydrogen-bond acceptors (Lipinski definition) is 4. The van der Waals surface area contributed by atoms with Gasteiger partial charge in [-0.15, -0.1) is 0 Å². The number of ether oxygens (including phenoxy) is 1. The second-order valence-electron chi connectivity index (χ2n) is 5.17. The minimum absolute atomic E-state index is 0.251. The molecule has 0 aliphatic carbocycles. The van der Waals surface area contributed by atoms with Crippen LogP contribution in [0.15, 0.2) is 24.3 Å². The molecule has 1 amide bonds. The monoisotopic (exact) mass is 291 g/mol. The molecule has 1 aliphatic heterocycles. The highest BCUT2D eigenvalue weighted by atomic mass is 16.5. The summed E-state index contributed by atoms with van der Waals surface area (Å²) < 4.78 is 5.26. The lowest BCUT2D eigenvalue weighted by Gasteiger charge is -2.36. The highest BCUT2D eigenvalue weighted by Gasteiger charge is 2.20. The number of rotatable bonds is 6. The van der Waals surface area contributed by atoms with E-state index < -0.39 is 0 Å². The summed E-state index contributed by atoms with van der Waals surface area (Å²) in [6, 6.07) is 8.08. The van der Waals surface area contributed by atoms with E-state index in [1.807, 2.05) is 23.1 Å². The molecular weight excluding hydrogens is 266 g/mol. The Balaban J connectivity index is 1.83. The summed E-state index contributed by atoms with van der Waals surface area (Å²) in [5, 5.41) is 3.19. The van der Waals surface area contributed by atoms with Crippen LogP contribution in [-0.4, -0.2) is 57.2 Å². The third-order valence-corrected chi connectivity index (χ3v) is 3.82. The molecule has 1 saturated heterocycles. The number of methoxy groups -OCH3 is 1. The zero-order valence-electron chi connectivity index (χ0n) is 13.0. The van der Waals surface area contributed by atoms with E-state index in [4.69, 9.17) is 4.74 Å². The zero-order chi connectivity index (χ0) is 15.1. The number of anilines is 1. The minimum atomic E-state index is 0.251. The average molecular weight is 291 g/mol.